The summed E-state index contributed by atoms with van der Waals surface area (Å²) in [5.41, 5.74) is -0.187. The van der Waals surface area contributed by atoms with Crippen LogP contribution in [0.2, 0.25) is 0 Å². The molecule has 7 N–H and O–H groups in total. The molecule has 42 heavy (non-hydrogen) atoms. The molecule has 3 heterocycles. The van der Waals surface area contributed by atoms with Crippen molar-refractivity contribution in [2.75, 3.05) is 27.4 Å². The first-order chi connectivity index (χ1) is 20.1. The first-order valence-corrected chi connectivity index (χ1v) is 13.0. The van der Waals surface area contributed by atoms with Crippen molar-refractivity contribution in [1.82, 2.24) is 0 Å². The minimum atomic E-state index is -1.83. The summed E-state index contributed by atoms with van der Waals surface area (Å²) in [7, 11) is 2.81. The van der Waals surface area contributed by atoms with Crippen LogP contribution in [0.15, 0.2) is 45.6 Å². The Morgan fingerprint density at radius 1 is 0.929 bits per heavy atom. The van der Waals surface area contributed by atoms with Crippen LogP contribution in [0.3, 0.4) is 0 Å². The van der Waals surface area contributed by atoms with Crippen molar-refractivity contribution in [3.05, 3.63) is 52.2 Å². The third-order valence-electron chi connectivity index (χ3n) is 7.49. The molecule has 0 spiro atoms. The largest absolute Gasteiger partial charge is 0.506 e. The molecule has 2 aliphatic heterocycles. The molecule has 0 saturated carbocycles. The highest BCUT2D eigenvalue weighted by molar-refractivity contribution is 5.88. The van der Waals surface area contributed by atoms with Crippen LogP contribution in [0, 0.1) is 0 Å². The maximum absolute atomic E-state index is 13.3. The first kappa shape index (κ1) is 30.2. The molecule has 0 radical (unpaired) electrons. The summed E-state index contributed by atoms with van der Waals surface area (Å²) in [6.45, 7) is -1.14. The maximum atomic E-state index is 13.3. The lowest BCUT2D eigenvalue weighted by molar-refractivity contribution is -0.336. The summed E-state index contributed by atoms with van der Waals surface area (Å²) in [5, 5.41) is 72.7. The molecule has 14 heteroatoms. The fourth-order valence-corrected chi connectivity index (χ4v) is 5.16. The third kappa shape index (κ3) is 5.32. The number of aliphatic hydroxyl groups excluding tert-OH is 6. The van der Waals surface area contributed by atoms with Crippen LogP contribution in [-0.4, -0.2) is 112 Å². The molecular formula is C28H32O14. The SMILES string of the molecule is COc1ccc(-c2cc(=O)c3c(O)c([C@@H]4OC[C@H](O)[C@H](O)[C@H]4O[C@@H]4O[C@H](CO)[C@@H](O)[C@H](O)[C@H]4O)c(OC)cc3o2)cc1. The van der Waals surface area contributed by atoms with Gasteiger partial charge >= 0.3 is 0 Å². The highest BCUT2D eigenvalue weighted by atomic mass is 16.7. The average Bonchev–Trinajstić information content (AvgIpc) is 2.99. The van der Waals surface area contributed by atoms with Crippen molar-refractivity contribution >= 4 is 11.0 Å². The molecule has 2 saturated heterocycles. The van der Waals surface area contributed by atoms with Crippen molar-refractivity contribution in [3.63, 3.8) is 0 Å². The Morgan fingerprint density at radius 2 is 1.64 bits per heavy atom. The summed E-state index contributed by atoms with van der Waals surface area (Å²) < 4.78 is 33.5. The van der Waals surface area contributed by atoms with Gasteiger partial charge in [0.25, 0.3) is 0 Å². The van der Waals surface area contributed by atoms with Crippen molar-refractivity contribution in [2.45, 2.75) is 55.1 Å². The number of hydrogen-bond acceptors (Lipinski definition) is 14. The third-order valence-corrected chi connectivity index (χ3v) is 7.49. The second kappa shape index (κ2) is 12.1. The zero-order valence-electron chi connectivity index (χ0n) is 22.6. The minimum absolute atomic E-state index is 0.0192. The first-order valence-electron chi connectivity index (χ1n) is 13.0. The summed E-state index contributed by atoms with van der Waals surface area (Å²) in [4.78, 5) is 13.3. The number of phenols is 1. The summed E-state index contributed by atoms with van der Waals surface area (Å²) in [6, 6.07) is 9.32. The highest BCUT2D eigenvalue weighted by Gasteiger charge is 2.49. The maximum Gasteiger partial charge on any atom is 0.197 e. The van der Waals surface area contributed by atoms with Gasteiger partial charge in [-0.25, -0.2) is 0 Å². The van der Waals surface area contributed by atoms with E-state index < -0.39 is 79.5 Å². The monoisotopic (exact) mass is 592 g/mol. The van der Waals surface area contributed by atoms with Crippen LogP contribution < -0.4 is 14.9 Å². The Morgan fingerprint density at radius 3 is 2.29 bits per heavy atom. The Balaban J connectivity index is 1.56. The Hall–Kier alpha value is -3.31. The minimum Gasteiger partial charge on any atom is -0.506 e. The summed E-state index contributed by atoms with van der Waals surface area (Å²) in [6.07, 6.45) is -14.4. The van der Waals surface area contributed by atoms with Gasteiger partial charge in [0.1, 0.15) is 82.8 Å². The van der Waals surface area contributed by atoms with Crippen LogP contribution >= 0.6 is 0 Å². The van der Waals surface area contributed by atoms with Crippen LogP contribution in [0.5, 0.6) is 17.2 Å². The van der Waals surface area contributed by atoms with Gasteiger partial charge in [-0.2, -0.15) is 0 Å². The highest BCUT2D eigenvalue weighted by Crippen LogP contribution is 2.45. The molecule has 3 aromatic rings. The van der Waals surface area contributed by atoms with E-state index in [9.17, 15) is 40.5 Å². The van der Waals surface area contributed by atoms with Gasteiger partial charge in [0.15, 0.2) is 11.7 Å². The zero-order valence-corrected chi connectivity index (χ0v) is 22.6. The number of fused-ring (bicyclic) bond motifs is 1. The number of ether oxygens (including phenoxy) is 5. The van der Waals surface area contributed by atoms with Crippen molar-refractivity contribution in [3.8, 4) is 28.6 Å². The lowest BCUT2D eigenvalue weighted by Gasteiger charge is -2.44. The second-order valence-electron chi connectivity index (χ2n) is 10.0. The predicted octanol–water partition coefficient (Wildman–Crippen LogP) is -0.839. The summed E-state index contributed by atoms with van der Waals surface area (Å²) in [5.74, 6) is 0.188. The average molecular weight is 593 g/mol. The van der Waals surface area contributed by atoms with Crippen LogP contribution in [-0.2, 0) is 14.2 Å². The second-order valence-corrected chi connectivity index (χ2v) is 10.0. The standard InChI is InChI=1S/C28H32O14/c1-37-12-5-3-11(4-6-12)15-7-13(30)19-17(40-15)8-16(38-2)20(23(19)34)26-27(21(32)14(31)10-39-26)42-28-25(36)24(35)22(33)18(9-29)41-28/h3-8,14,18,21-22,24-29,31-36H,9-10H2,1-2H3/t14-,18+,21-,22+,24-,25+,26-,27+,28-/m0/s1. The van der Waals surface area contributed by atoms with Gasteiger partial charge in [-0.15, -0.1) is 0 Å². The van der Waals surface area contributed by atoms with E-state index in [0.29, 0.717) is 11.3 Å². The van der Waals surface area contributed by atoms with E-state index in [1.165, 1.54) is 26.4 Å². The lowest BCUT2D eigenvalue weighted by Crippen LogP contribution is -2.61. The molecular weight excluding hydrogens is 560 g/mol. The van der Waals surface area contributed by atoms with Gasteiger partial charge < -0.3 is 63.8 Å². The predicted molar refractivity (Wildman–Crippen MR) is 142 cm³/mol. The number of aromatic hydroxyl groups is 1. The number of phenolic OH excluding ortho intramolecular Hbond substituents is 1. The van der Waals surface area contributed by atoms with E-state index in [1.807, 2.05) is 0 Å². The smallest absolute Gasteiger partial charge is 0.197 e. The Labute approximate surface area is 238 Å². The molecule has 2 aromatic carbocycles. The van der Waals surface area contributed by atoms with Gasteiger partial charge in [0, 0.05) is 17.7 Å². The van der Waals surface area contributed by atoms with E-state index in [2.05, 4.69) is 0 Å². The van der Waals surface area contributed by atoms with E-state index in [0.717, 1.165) is 0 Å². The van der Waals surface area contributed by atoms with E-state index in [-0.39, 0.29) is 28.0 Å². The topological polar surface area (TPSA) is 218 Å². The number of hydrogen-bond donors (Lipinski definition) is 7. The molecule has 0 amide bonds. The van der Waals surface area contributed by atoms with E-state index >= 15 is 0 Å². The van der Waals surface area contributed by atoms with Gasteiger partial charge in [-0.05, 0) is 24.3 Å². The van der Waals surface area contributed by atoms with Gasteiger partial charge in [-0.1, -0.05) is 0 Å². The van der Waals surface area contributed by atoms with E-state index in [1.54, 1.807) is 24.3 Å². The van der Waals surface area contributed by atoms with Crippen LogP contribution in [0.4, 0.5) is 0 Å². The number of methoxy groups -OCH3 is 2. The van der Waals surface area contributed by atoms with Gasteiger partial charge in [0.05, 0.1) is 33.0 Å². The van der Waals surface area contributed by atoms with Gasteiger partial charge in [0.2, 0.25) is 0 Å². The van der Waals surface area contributed by atoms with Crippen LogP contribution in [0.25, 0.3) is 22.3 Å². The molecule has 0 aliphatic carbocycles. The fraction of sp³-hybridized carbons (Fsp3) is 0.464. The molecule has 0 bridgehead atoms. The van der Waals surface area contributed by atoms with Crippen molar-refractivity contribution < 1.29 is 63.8 Å². The molecule has 1 aromatic heterocycles. The fourth-order valence-electron chi connectivity index (χ4n) is 5.16. The number of aliphatic hydroxyl groups is 6. The molecule has 0 unspecified atom stereocenters. The van der Waals surface area contributed by atoms with Crippen molar-refractivity contribution in [1.29, 1.82) is 0 Å². The molecule has 228 valence electrons. The normalized spacial score (nSPS) is 31.7. The molecule has 14 nitrogen and oxygen atoms in total. The molecule has 9 atom stereocenters. The number of rotatable bonds is 7. The lowest BCUT2D eigenvalue weighted by atomic mass is 9.91. The Bertz CT molecular complexity index is 1450. The van der Waals surface area contributed by atoms with Crippen LogP contribution in [0.1, 0.15) is 11.7 Å². The van der Waals surface area contributed by atoms with E-state index in [4.69, 9.17) is 28.1 Å². The van der Waals surface area contributed by atoms with Gasteiger partial charge in [-0.3, -0.25) is 4.79 Å². The number of benzene rings is 2. The zero-order chi connectivity index (χ0) is 30.3. The Kier molecular flexibility index (Phi) is 8.71. The quantitative estimate of drug-likeness (QED) is 0.178. The molecule has 5 rings (SSSR count). The molecule has 2 fully saturated rings. The molecule has 2 aliphatic rings. The van der Waals surface area contributed by atoms with Crippen molar-refractivity contribution in [2.24, 2.45) is 0 Å². The summed E-state index contributed by atoms with van der Waals surface area (Å²) >= 11 is 0.